The highest BCUT2D eigenvalue weighted by atomic mass is 19.1. The molecular formula is C27H25FN4O2. The molecule has 1 fully saturated rings. The van der Waals surface area contributed by atoms with E-state index in [-0.39, 0.29) is 24.1 Å². The zero-order valence-electron chi connectivity index (χ0n) is 18.7. The van der Waals surface area contributed by atoms with Crippen LogP contribution in [-0.2, 0) is 9.59 Å². The Balaban J connectivity index is 1.11. The van der Waals surface area contributed by atoms with Crippen molar-refractivity contribution in [3.8, 4) is 0 Å². The number of benzene rings is 2. The molecule has 2 aliphatic heterocycles. The van der Waals surface area contributed by atoms with Crippen molar-refractivity contribution < 1.29 is 14.0 Å². The number of hydrogen-bond donors (Lipinski definition) is 2. The van der Waals surface area contributed by atoms with Gasteiger partial charge < -0.3 is 9.97 Å². The maximum Gasteiger partial charge on any atom is 0.237 e. The number of aromatic nitrogens is 2. The molecule has 0 saturated carbocycles. The van der Waals surface area contributed by atoms with Crippen molar-refractivity contribution >= 4 is 39.2 Å². The molecule has 2 N–H and O–H groups in total. The quantitative estimate of drug-likeness (QED) is 0.437. The van der Waals surface area contributed by atoms with Crippen molar-refractivity contribution in [2.24, 2.45) is 0 Å². The molecule has 0 spiro atoms. The number of halogens is 1. The highest BCUT2D eigenvalue weighted by Gasteiger charge is 2.40. The molecule has 6 rings (SSSR count). The molecule has 1 unspecified atom stereocenters. The van der Waals surface area contributed by atoms with E-state index in [1.54, 1.807) is 12.1 Å². The van der Waals surface area contributed by atoms with Crippen molar-refractivity contribution in [2.75, 3.05) is 26.2 Å². The van der Waals surface area contributed by atoms with Crippen molar-refractivity contribution in [1.29, 1.82) is 0 Å². The number of likely N-dealkylation sites (tertiary alicyclic amines) is 1. The zero-order valence-corrected chi connectivity index (χ0v) is 18.7. The molecule has 0 radical (unpaired) electrons. The van der Waals surface area contributed by atoms with Crippen molar-refractivity contribution in [2.45, 2.75) is 18.8 Å². The molecule has 4 aromatic rings. The number of imide groups is 1. The second-order valence-corrected chi connectivity index (χ2v) is 9.10. The summed E-state index contributed by atoms with van der Waals surface area (Å²) in [7, 11) is 0. The van der Waals surface area contributed by atoms with Crippen molar-refractivity contribution in [3.05, 3.63) is 77.9 Å². The first-order chi connectivity index (χ1) is 16.6. The normalized spacial score (nSPS) is 19.5. The minimum absolute atomic E-state index is 0.102. The van der Waals surface area contributed by atoms with Crippen LogP contribution in [0.4, 0.5) is 4.39 Å². The molecule has 2 aromatic carbocycles. The summed E-state index contributed by atoms with van der Waals surface area (Å²) in [6.45, 7) is 2.61. The molecule has 4 heterocycles. The van der Waals surface area contributed by atoms with Crippen LogP contribution in [-0.4, -0.2) is 57.8 Å². The fraction of sp³-hybridized carbons (Fsp3) is 0.259. The van der Waals surface area contributed by atoms with Crippen molar-refractivity contribution in [3.63, 3.8) is 0 Å². The predicted molar refractivity (Wildman–Crippen MR) is 130 cm³/mol. The van der Waals surface area contributed by atoms with Crippen LogP contribution < -0.4 is 0 Å². The van der Waals surface area contributed by atoms with Crippen LogP contribution >= 0.6 is 0 Å². The summed E-state index contributed by atoms with van der Waals surface area (Å²) in [5.41, 5.74) is 5.04. The number of carbonyl (C=O) groups excluding carboxylic acids is 2. The van der Waals surface area contributed by atoms with Gasteiger partial charge in [-0.2, -0.15) is 0 Å². The molecule has 34 heavy (non-hydrogen) atoms. The van der Waals surface area contributed by atoms with Crippen LogP contribution in [0, 0.1) is 5.82 Å². The van der Waals surface area contributed by atoms with E-state index in [1.807, 2.05) is 36.7 Å². The van der Waals surface area contributed by atoms with Gasteiger partial charge >= 0.3 is 0 Å². The summed E-state index contributed by atoms with van der Waals surface area (Å²) in [5.74, 6) is -0.866. The lowest BCUT2D eigenvalue weighted by Gasteiger charge is -2.28. The summed E-state index contributed by atoms with van der Waals surface area (Å²) in [4.78, 5) is 35.9. The van der Waals surface area contributed by atoms with Gasteiger partial charge in [0, 0.05) is 72.4 Å². The van der Waals surface area contributed by atoms with Gasteiger partial charge in [-0.25, -0.2) is 4.39 Å². The largest absolute Gasteiger partial charge is 0.361 e. The van der Waals surface area contributed by atoms with Gasteiger partial charge in [0.1, 0.15) is 5.82 Å². The van der Waals surface area contributed by atoms with Crippen LogP contribution in [0.1, 0.15) is 29.9 Å². The number of amides is 2. The number of carbonyl (C=O) groups is 2. The van der Waals surface area contributed by atoms with Gasteiger partial charge in [0.15, 0.2) is 0 Å². The fourth-order valence-corrected chi connectivity index (χ4v) is 5.30. The molecule has 6 nitrogen and oxygen atoms in total. The predicted octanol–water partition coefficient (Wildman–Crippen LogP) is 4.42. The number of nitrogens with one attached hydrogen (secondary N) is 2. The van der Waals surface area contributed by atoms with Gasteiger partial charge in [0.25, 0.3) is 0 Å². The van der Waals surface area contributed by atoms with Crippen LogP contribution in [0.25, 0.3) is 27.4 Å². The number of para-hydroxylation sites is 1. The third-order valence-corrected chi connectivity index (χ3v) is 7.16. The highest BCUT2D eigenvalue weighted by Crippen LogP contribution is 2.34. The number of rotatable bonds is 5. The molecule has 0 aliphatic carbocycles. The summed E-state index contributed by atoms with van der Waals surface area (Å²) in [6, 6.07) is 12.7. The molecule has 2 aliphatic rings. The molecule has 2 aromatic heterocycles. The smallest absolute Gasteiger partial charge is 0.237 e. The van der Waals surface area contributed by atoms with E-state index < -0.39 is 5.92 Å². The summed E-state index contributed by atoms with van der Waals surface area (Å²) < 4.78 is 13.7. The zero-order chi connectivity index (χ0) is 23.2. The Morgan fingerprint density at radius 1 is 0.971 bits per heavy atom. The Morgan fingerprint density at radius 3 is 2.65 bits per heavy atom. The van der Waals surface area contributed by atoms with Gasteiger partial charge in [-0.05, 0) is 41.8 Å². The van der Waals surface area contributed by atoms with Gasteiger partial charge in [-0.3, -0.25) is 19.4 Å². The van der Waals surface area contributed by atoms with Crippen LogP contribution in [0.5, 0.6) is 0 Å². The SMILES string of the molecule is O=C1CC(c2c[nH]c3ccccc23)C(=O)N1CCN1CC=C(c2c[nH]c3ccc(F)cc23)CC1. The van der Waals surface area contributed by atoms with E-state index in [9.17, 15) is 14.0 Å². The molecule has 172 valence electrons. The molecule has 2 amide bonds. The van der Waals surface area contributed by atoms with E-state index in [2.05, 4.69) is 20.9 Å². The van der Waals surface area contributed by atoms with E-state index >= 15 is 0 Å². The minimum Gasteiger partial charge on any atom is -0.361 e. The number of fused-ring (bicyclic) bond motifs is 2. The Kier molecular flexibility index (Phi) is 5.07. The van der Waals surface area contributed by atoms with E-state index in [0.717, 1.165) is 52.4 Å². The maximum atomic E-state index is 13.7. The third-order valence-electron chi connectivity index (χ3n) is 7.16. The first-order valence-corrected chi connectivity index (χ1v) is 11.7. The number of aromatic amines is 2. The standard InChI is InChI=1S/C27H25FN4O2/c28-18-5-6-25-20(13-18)22(15-29-25)17-7-9-31(10-8-17)11-12-32-26(33)14-21(27(32)34)23-16-30-24-4-2-1-3-19(23)24/h1-7,13,15-16,21,29-30H,8-12,14H2. The Labute approximate surface area is 196 Å². The second-order valence-electron chi connectivity index (χ2n) is 9.10. The van der Waals surface area contributed by atoms with E-state index in [0.29, 0.717) is 13.1 Å². The molecule has 1 atom stereocenters. The lowest BCUT2D eigenvalue weighted by molar-refractivity contribution is -0.138. The van der Waals surface area contributed by atoms with Crippen LogP contribution in [0.15, 0.2) is 60.9 Å². The van der Waals surface area contributed by atoms with E-state index in [4.69, 9.17) is 0 Å². The third kappa shape index (κ3) is 3.53. The molecular weight excluding hydrogens is 431 g/mol. The minimum atomic E-state index is -0.418. The van der Waals surface area contributed by atoms with Crippen LogP contribution in [0.2, 0.25) is 0 Å². The first-order valence-electron chi connectivity index (χ1n) is 11.7. The number of nitrogens with zero attached hydrogens (tertiary/aromatic N) is 2. The molecule has 1 saturated heterocycles. The number of hydrogen-bond acceptors (Lipinski definition) is 3. The monoisotopic (exact) mass is 456 g/mol. The summed E-state index contributed by atoms with van der Waals surface area (Å²) in [6.07, 6.45) is 7.03. The van der Waals surface area contributed by atoms with E-state index in [1.165, 1.54) is 16.5 Å². The number of H-pyrrole nitrogens is 2. The Morgan fingerprint density at radius 2 is 1.79 bits per heavy atom. The first kappa shape index (κ1) is 20.9. The van der Waals surface area contributed by atoms with Gasteiger partial charge in [0.05, 0.1) is 5.92 Å². The fourth-order valence-electron chi connectivity index (χ4n) is 5.30. The Bertz CT molecular complexity index is 1450. The van der Waals surface area contributed by atoms with Gasteiger partial charge in [0.2, 0.25) is 11.8 Å². The summed E-state index contributed by atoms with van der Waals surface area (Å²) in [5, 5.41) is 1.90. The maximum absolute atomic E-state index is 13.7. The second kappa shape index (κ2) is 8.25. The Hall–Kier alpha value is -3.71. The topological polar surface area (TPSA) is 72.2 Å². The average Bonchev–Trinajstić information content (AvgIpc) is 3.53. The lowest BCUT2D eigenvalue weighted by atomic mass is 9.97. The van der Waals surface area contributed by atoms with Gasteiger partial charge in [-0.15, -0.1) is 0 Å². The molecule has 0 bridgehead atoms. The average molecular weight is 457 g/mol. The van der Waals surface area contributed by atoms with Gasteiger partial charge in [-0.1, -0.05) is 24.3 Å². The molecule has 7 heteroatoms. The lowest BCUT2D eigenvalue weighted by Crippen LogP contribution is -2.39. The van der Waals surface area contributed by atoms with Crippen LogP contribution in [0.3, 0.4) is 0 Å². The summed E-state index contributed by atoms with van der Waals surface area (Å²) >= 11 is 0. The highest BCUT2D eigenvalue weighted by molar-refractivity contribution is 6.08. The van der Waals surface area contributed by atoms with Crippen molar-refractivity contribution in [1.82, 2.24) is 19.8 Å².